The minimum atomic E-state index is -1.30. The summed E-state index contributed by atoms with van der Waals surface area (Å²) >= 11 is 1.51. The van der Waals surface area contributed by atoms with Gasteiger partial charge in [-0.15, -0.1) is 0 Å². The minimum absolute atomic E-state index is 0. The summed E-state index contributed by atoms with van der Waals surface area (Å²) in [6.45, 7) is 4.44. The average Bonchev–Trinajstić information content (AvgIpc) is 3.01. The van der Waals surface area contributed by atoms with Gasteiger partial charge in [0.2, 0.25) is 0 Å². The number of carboxylic acids is 1. The molecule has 1 aliphatic carbocycles. The number of hydrogen-bond donors (Lipinski definition) is 1. The number of amides is 2. The van der Waals surface area contributed by atoms with E-state index in [4.69, 9.17) is 9.47 Å². The molecule has 10 heteroatoms. The molecule has 2 fully saturated rings. The first-order valence-corrected chi connectivity index (χ1v) is 16.4. The molecule has 2 atom stereocenters. The summed E-state index contributed by atoms with van der Waals surface area (Å²) in [7, 11) is 0. The fourth-order valence-electron chi connectivity index (χ4n) is 5.85. The van der Waals surface area contributed by atoms with Gasteiger partial charge in [-0.25, -0.2) is 0 Å². The van der Waals surface area contributed by atoms with Gasteiger partial charge in [0.15, 0.2) is 0 Å². The van der Waals surface area contributed by atoms with Crippen LogP contribution in [-0.2, 0) is 25.7 Å². The number of nitrogens with one attached hydrogen (secondary N) is 1. The molecule has 228 valence electrons. The standard InChI is InChI=1S/C33H44N2O6S.Li/c1-23-8-6-7-11-26(23)28-20-25(12-13-27(28)31(36)34-29(33(38)39)14-19-42-2)22-41-30(21-24-9-4-3-5-10-24)32(37)35-15-17-40-18-16-35;/h6-8,11-13,20,24,29-30H,3-5,9-10,14-19,21-22H2,1-2H3,(H,34,36)(H,38,39);/q;+1/p-1/t29-,30-;/m0./s1. The van der Waals surface area contributed by atoms with Crippen molar-refractivity contribution in [3.63, 3.8) is 0 Å². The molecule has 2 amide bonds. The van der Waals surface area contributed by atoms with Gasteiger partial charge in [-0.2, -0.15) is 11.8 Å². The molecule has 0 unspecified atom stereocenters. The zero-order valence-corrected chi connectivity index (χ0v) is 26.6. The summed E-state index contributed by atoms with van der Waals surface area (Å²) in [6.07, 6.45) is 8.24. The molecule has 0 bridgehead atoms. The molecule has 8 nitrogen and oxygen atoms in total. The third-order valence-electron chi connectivity index (χ3n) is 8.29. The molecule has 2 aromatic carbocycles. The first kappa shape index (κ1) is 35.2. The Morgan fingerprint density at radius 2 is 1.79 bits per heavy atom. The van der Waals surface area contributed by atoms with Crippen molar-refractivity contribution in [2.45, 2.75) is 70.6 Å². The van der Waals surface area contributed by atoms with Gasteiger partial charge in [0, 0.05) is 18.7 Å². The fourth-order valence-corrected chi connectivity index (χ4v) is 6.32. The fraction of sp³-hybridized carbons (Fsp3) is 0.545. The van der Waals surface area contributed by atoms with Crippen LogP contribution in [0.3, 0.4) is 0 Å². The maximum atomic E-state index is 13.5. The second kappa shape index (κ2) is 17.9. The zero-order chi connectivity index (χ0) is 29.9. The third-order valence-corrected chi connectivity index (χ3v) is 8.93. The molecule has 1 saturated heterocycles. The maximum absolute atomic E-state index is 13.5. The minimum Gasteiger partial charge on any atom is -0.548 e. The van der Waals surface area contributed by atoms with Crippen molar-refractivity contribution in [3.05, 3.63) is 59.2 Å². The third kappa shape index (κ3) is 10.1. The number of rotatable bonds is 13. The van der Waals surface area contributed by atoms with E-state index in [1.165, 1.54) is 31.0 Å². The van der Waals surface area contributed by atoms with E-state index in [0.29, 0.717) is 55.5 Å². The Morgan fingerprint density at radius 3 is 2.47 bits per heavy atom. The summed E-state index contributed by atoms with van der Waals surface area (Å²) in [6, 6.07) is 12.2. The van der Waals surface area contributed by atoms with Crippen LogP contribution in [0.2, 0.25) is 0 Å². The molecular formula is C33H43LiN2O6S. The molecule has 1 aliphatic heterocycles. The Balaban J connectivity index is 0.00000506. The van der Waals surface area contributed by atoms with Crippen molar-refractivity contribution < 1.29 is 47.8 Å². The second-order valence-corrected chi connectivity index (χ2v) is 12.3. The molecule has 4 rings (SSSR count). The number of aryl methyl sites for hydroxylation is 1. The molecule has 1 saturated carbocycles. The first-order chi connectivity index (χ1) is 20.4. The topological polar surface area (TPSA) is 108 Å². The van der Waals surface area contributed by atoms with E-state index >= 15 is 0 Å². The molecule has 43 heavy (non-hydrogen) atoms. The van der Waals surface area contributed by atoms with Crippen LogP contribution in [0, 0.1) is 12.8 Å². The van der Waals surface area contributed by atoms with Gasteiger partial charge in [-0.05, 0) is 72.1 Å². The Morgan fingerprint density at radius 1 is 1.07 bits per heavy atom. The van der Waals surface area contributed by atoms with Gasteiger partial charge in [0.05, 0.1) is 31.8 Å². The molecule has 1 heterocycles. The van der Waals surface area contributed by atoms with Crippen molar-refractivity contribution in [2.24, 2.45) is 5.92 Å². The molecule has 2 aliphatic rings. The smallest absolute Gasteiger partial charge is 0.548 e. The van der Waals surface area contributed by atoms with E-state index in [9.17, 15) is 19.5 Å². The van der Waals surface area contributed by atoms with Crippen LogP contribution in [0.25, 0.3) is 11.1 Å². The average molecular weight is 603 g/mol. The van der Waals surface area contributed by atoms with Crippen LogP contribution < -0.4 is 29.3 Å². The molecule has 1 N–H and O–H groups in total. The van der Waals surface area contributed by atoms with Gasteiger partial charge >= 0.3 is 18.9 Å². The van der Waals surface area contributed by atoms with E-state index in [0.717, 1.165) is 29.5 Å². The largest absolute Gasteiger partial charge is 1.00 e. The molecule has 0 spiro atoms. The predicted octanol–water partition coefficient (Wildman–Crippen LogP) is 0.982. The van der Waals surface area contributed by atoms with Crippen molar-refractivity contribution in [1.29, 1.82) is 0 Å². The van der Waals surface area contributed by atoms with Crippen molar-refractivity contribution >= 4 is 29.5 Å². The number of thioether (sulfide) groups is 1. The Hall–Kier alpha value is -2.28. The van der Waals surface area contributed by atoms with E-state index in [1.54, 1.807) is 6.07 Å². The van der Waals surface area contributed by atoms with Gasteiger partial charge in [0.1, 0.15) is 6.10 Å². The number of nitrogens with zero attached hydrogens (tertiary/aromatic N) is 1. The second-order valence-electron chi connectivity index (χ2n) is 11.3. The number of carbonyl (C=O) groups excluding carboxylic acids is 3. The molecule has 2 aromatic rings. The summed E-state index contributed by atoms with van der Waals surface area (Å²) in [5.74, 6) is -0.671. The Bertz CT molecular complexity index is 1220. The quantitative estimate of drug-likeness (QED) is 0.341. The SMILES string of the molecule is CSCC[C@H](NC(=O)c1ccc(CO[C@@H](CC2CCCCC2)C(=O)N2CCOCC2)cc1-c1ccccc1C)C(=O)[O-].[Li+]. The van der Waals surface area contributed by atoms with Crippen LogP contribution in [0.4, 0.5) is 0 Å². The molecular weight excluding hydrogens is 559 g/mol. The summed E-state index contributed by atoms with van der Waals surface area (Å²) in [4.78, 5) is 40.5. The number of aliphatic carboxylic acids is 1. The van der Waals surface area contributed by atoms with Crippen LogP contribution in [0.5, 0.6) is 0 Å². The molecule has 0 aromatic heterocycles. The normalized spacial score (nSPS) is 17.0. The van der Waals surface area contributed by atoms with Gasteiger partial charge in [0.25, 0.3) is 11.8 Å². The van der Waals surface area contributed by atoms with E-state index in [-0.39, 0.29) is 37.8 Å². The Kier molecular flexibility index (Phi) is 14.6. The Labute approximate surface area is 271 Å². The van der Waals surface area contributed by atoms with Gasteiger partial charge in [-0.1, -0.05) is 62.4 Å². The maximum Gasteiger partial charge on any atom is 1.00 e. The number of ether oxygens (including phenoxy) is 2. The summed E-state index contributed by atoms with van der Waals surface area (Å²) < 4.78 is 11.8. The van der Waals surface area contributed by atoms with E-state index in [2.05, 4.69) is 5.32 Å². The van der Waals surface area contributed by atoms with Crippen molar-refractivity contribution in [1.82, 2.24) is 10.2 Å². The van der Waals surface area contributed by atoms with Crippen molar-refractivity contribution in [3.8, 4) is 11.1 Å². The first-order valence-electron chi connectivity index (χ1n) is 15.0. The van der Waals surface area contributed by atoms with Crippen molar-refractivity contribution in [2.75, 3.05) is 38.3 Å². The number of morpholine rings is 1. The van der Waals surface area contributed by atoms with Crippen LogP contribution in [-0.4, -0.2) is 73.1 Å². The monoisotopic (exact) mass is 602 g/mol. The number of carbonyl (C=O) groups is 3. The van der Waals surface area contributed by atoms with Gasteiger partial charge in [-0.3, -0.25) is 9.59 Å². The van der Waals surface area contributed by atoms with E-state index < -0.39 is 24.0 Å². The molecule has 0 radical (unpaired) electrons. The zero-order valence-electron chi connectivity index (χ0n) is 25.8. The van der Waals surface area contributed by atoms with Gasteiger partial charge < -0.3 is 29.6 Å². The predicted molar refractivity (Wildman–Crippen MR) is 163 cm³/mol. The van der Waals surface area contributed by atoms with Crippen LogP contribution in [0.15, 0.2) is 42.5 Å². The number of benzene rings is 2. The summed E-state index contributed by atoms with van der Waals surface area (Å²) in [5.41, 5.74) is 3.78. The number of carboxylic acid groups (broad SMARTS) is 1. The number of hydrogen-bond acceptors (Lipinski definition) is 7. The van der Waals surface area contributed by atoms with E-state index in [1.807, 2.05) is 54.5 Å². The van der Waals surface area contributed by atoms with Crippen LogP contribution >= 0.6 is 11.8 Å². The summed E-state index contributed by atoms with van der Waals surface area (Å²) in [5, 5.41) is 14.4. The van der Waals surface area contributed by atoms with Crippen LogP contribution in [0.1, 0.15) is 66.4 Å².